The van der Waals surface area contributed by atoms with Crippen LogP contribution >= 0.6 is 0 Å². The van der Waals surface area contributed by atoms with Gasteiger partial charge in [-0.25, -0.2) is 9.67 Å². The fourth-order valence-corrected chi connectivity index (χ4v) is 3.47. The average molecular weight is 472 g/mol. The number of nitrogens with one attached hydrogen (secondary N) is 2. The fraction of sp³-hybridized carbons (Fsp3) is 0.154. The lowest BCUT2D eigenvalue weighted by Crippen LogP contribution is -2.42. The Morgan fingerprint density at radius 1 is 0.857 bits per heavy atom. The number of benzene rings is 3. The van der Waals surface area contributed by atoms with E-state index < -0.39 is 5.91 Å². The van der Waals surface area contributed by atoms with E-state index in [-0.39, 0.29) is 18.2 Å². The quantitative estimate of drug-likeness (QED) is 0.382. The van der Waals surface area contributed by atoms with Crippen LogP contribution in [0.3, 0.4) is 0 Å². The monoisotopic (exact) mass is 471 g/mol. The van der Waals surface area contributed by atoms with Crippen LogP contribution in [0, 0.1) is 0 Å². The van der Waals surface area contributed by atoms with Gasteiger partial charge in [0.05, 0.1) is 19.9 Å². The second-order valence-corrected chi connectivity index (χ2v) is 7.56. The van der Waals surface area contributed by atoms with Crippen molar-refractivity contribution in [1.29, 1.82) is 0 Å². The molecule has 0 spiro atoms. The summed E-state index contributed by atoms with van der Waals surface area (Å²) >= 11 is 0. The molecule has 0 aliphatic rings. The molecular weight excluding hydrogens is 446 g/mol. The number of hydrogen-bond acceptors (Lipinski definition) is 6. The molecule has 2 amide bonds. The summed E-state index contributed by atoms with van der Waals surface area (Å²) in [4.78, 5) is 29.5. The summed E-state index contributed by atoms with van der Waals surface area (Å²) in [5.74, 6) is 0.697. The number of amides is 2. The Balaban J connectivity index is 1.42. The predicted molar refractivity (Wildman–Crippen MR) is 130 cm³/mol. The summed E-state index contributed by atoms with van der Waals surface area (Å²) in [5.41, 5.74) is 7.30. The van der Waals surface area contributed by atoms with E-state index in [0.717, 1.165) is 16.8 Å². The molecule has 3 aromatic carbocycles. The van der Waals surface area contributed by atoms with Gasteiger partial charge in [0, 0.05) is 12.0 Å². The maximum atomic E-state index is 12.7. The molecule has 0 bridgehead atoms. The lowest BCUT2D eigenvalue weighted by molar-refractivity contribution is -0.121. The number of carbonyl (C=O) groups excluding carboxylic acids is 2. The Kier molecular flexibility index (Phi) is 7.37. The highest BCUT2D eigenvalue weighted by Gasteiger charge is 2.19. The number of ether oxygens (including phenoxy) is 2. The minimum Gasteiger partial charge on any atom is -0.493 e. The smallest absolute Gasteiger partial charge is 0.309 e. The largest absolute Gasteiger partial charge is 0.493 e. The van der Waals surface area contributed by atoms with E-state index in [4.69, 9.17) is 9.47 Å². The summed E-state index contributed by atoms with van der Waals surface area (Å²) in [5, 5.41) is 4.38. The van der Waals surface area contributed by atoms with Crippen LogP contribution in [-0.2, 0) is 11.2 Å². The first-order chi connectivity index (χ1) is 17.1. The standard InChI is InChI=1S/C26H25N5O4/c1-34-21-15-13-18(17-22(21)35-2)14-16-23(32)28-29-26(33)24-27-25(19-9-5-3-6-10-19)31(30-24)20-11-7-4-8-12-20/h3-13,15,17H,14,16H2,1-2H3,(H,28,32)(H,29,33). The fourth-order valence-electron chi connectivity index (χ4n) is 3.47. The van der Waals surface area contributed by atoms with Gasteiger partial charge in [-0.3, -0.25) is 20.4 Å². The number of carbonyl (C=O) groups is 2. The van der Waals surface area contributed by atoms with Crippen molar-refractivity contribution in [3.63, 3.8) is 0 Å². The molecule has 0 radical (unpaired) electrons. The lowest BCUT2D eigenvalue weighted by Gasteiger charge is -2.10. The van der Waals surface area contributed by atoms with Crippen molar-refractivity contribution in [2.24, 2.45) is 0 Å². The van der Waals surface area contributed by atoms with Gasteiger partial charge in [-0.1, -0.05) is 54.6 Å². The molecule has 2 N–H and O–H groups in total. The number of methoxy groups -OCH3 is 2. The maximum absolute atomic E-state index is 12.7. The third-order valence-corrected chi connectivity index (χ3v) is 5.25. The number of aryl methyl sites for hydroxylation is 1. The molecule has 0 aliphatic heterocycles. The van der Waals surface area contributed by atoms with Gasteiger partial charge in [-0.05, 0) is 36.2 Å². The van der Waals surface area contributed by atoms with E-state index in [9.17, 15) is 9.59 Å². The number of para-hydroxylation sites is 1. The first kappa shape index (κ1) is 23.5. The zero-order valence-electron chi connectivity index (χ0n) is 19.4. The van der Waals surface area contributed by atoms with Crippen molar-refractivity contribution >= 4 is 11.8 Å². The Labute approximate surface area is 202 Å². The molecule has 0 saturated heterocycles. The molecular formula is C26H25N5O4. The van der Waals surface area contributed by atoms with Crippen LogP contribution in [0.5, 0.6) is 11.5 Å². The van der Waals surface area contributed by atoms with Crippen molar-refractivity contribution in [2.45, 2.75) is 12.8 Å². The van der Waals surface area contributed by atoms with Gasteiger partial charge >= 0.3 is 5.91 Å². The van der Waals surface area contributed by atoms with Gasteiger partial charge in [0.15, 0.2) is 17.3 Å². The number of aromatic nitrogens is 3. The van der Waals surface area contributed by atoms with Crippen LogP contribution in [0.1, 0.15) is 22.6 Å². The highest BCUT2D eigenvalue weighted by molar-refractivity contribution is 5.92. The Morgan fingerprint density at radius 3 is 2.23 bits per heavy atom. The van der Waals surface area contributed by atoms with Gasteiger partial charge in [-0.15, -0.1) is 5.10 Å². The van der Waals surface area contributed by atoms with Crippen LogP contribution < -0.4 is 20.3 Å². The molecule has 0 atom stereocenters. The number of hydrazine groups is 1. The predicted octanol–water partition coefficient (Wildman–Crippen LogP) is 3.35. The van der Waals surface area contributed by atoms with Gasteiger partial charge in [0.1, 0.15) is 0 Å². The van der Waals surface area contributed by atoms with Gasteiger partial charge < -0.3 is 9.47 Å². The molecule has 4 aromatic rings. The molecule has 35 heavy (non-hydrogen) atoms. The molecule has 1 aromatic heterocycles. The van der Waals surface area contributed by atoms with Crippen LogP contribution in [0.15, 0.2) is 78.9 Å². The average Bonchev–Trinajstić information content (AvgIpc) is 3.37. The van der Waals surface area contributed by atoms with Gasteiger partial charge in [0.25, 0.3) is 0 Å². The second-order valence-electron chi connectivity index (χ2n) is 7.56. The molecule has 178 valence electrons. The lowest BCUT2D eigenvalue weighted by atomic mass is 10.1. The van der Waals surface area contributed by atoms with Crippen molar-refractivity contribution in [1.82, 2.24) is 25.6 Å². The zero-order valence-corrected chi connectivity index (χ0v) is 19.4. The van der Waals surface area contributed by atoms with E-state index in [2.05, 4.69) is 20.9 Å². The third kappa shape index (κ3) is 5.64. The van der Waals surface area contributed by atoms with Crippen LogP contribution in [0.2, 0.25) is 0 Å². The topological polar surface area (TPSA) is 107 Å². The molecule has 0 unspecified atom stereocenters. The second kappa shape index (κ2) is 11.0. The van der Waals surface area contributed by atoms with E-state index in [1.54, 1.807) is 25.0 Å². The summed E-state index contributed by atoms with van der Waals surface area (Å²) in [7, 11) is 3.12. The number of hydrogen-bond donors (Lipinski definition) is 2. The van der Waals surface area contributed by atoms with Crippen LogP contribution in [0.25, 0.3) is 17.1 Å². The van der Waals surface area contributed by atoms with Gasteiger partial charge in [0.2, 0.25) is 11.7 Å². The van der Waals surface area contributed by atoms with Crippen LogP contribution in [0.4, 0.5) is 0 Å². The van der Waals surface area contributed by atoms with E-state index in [1.165, 1.54) is 0 Å². The van der Waals surface area contributed by atoms with Crippen molar-refractivity contribution in [2.75, 3.05) is 14.2 Å². The third-order valence-electron chi connectivity index (χ3n) is 5.25. The van der Waals surface area contributed by atoms with Crippen molar-refractivity contribution in [3.8, 4) is 28.6 Å². The normalized spacial score (nSPS) is 10.5. The summed E-state index contributed by atoms with van der Waals surface area (Å²) in [6, 6.07) is 24.3. The summed E-state index contributed by atoms with van der Waals surface area (Å²) < 4.78 is 12.1. The summed E-state index contributed by atoms with van der Waals surface area (Å²) in [6.45, 7) is 0. The molecule has 9 nitrogen and oxygen atoms in total. The molecule has 9 heteroatoms. The highest BCUT2D eigenvalue weighted by atomic mass is 16.5. The van der Waals surface area contributed by atoms with Gasteiger partial charge in [-0.2, -0.15) is 0 Å². The van der Waals surface area contributed by atoms with Crippen molar-refractivity contribution < 1.29 is 19.1 Å². The zero-order chi connectivity index (χ0) is 24.6. The Bertz CT molecular complexity index is 1250. The molecule has 0 saturated carbocycles. The molecule has 4 rings (SSSR count). The number of nitrogens with zero attached hydrogens (tertiary/aromatic N) is 3. The SMILES string of the molecule is COc1ccc(CCC(=O)NNC(=O)c2nc(-c3ccccc3)n(-c3ccccc3)n2)cc1OC. The van der Waals surface area contributed by atoms with Crippen LogP contribution in [-0.4, -0.2) is 40.8 Å². The number of rotatable bonds is 8. The van der Waals surface area contributed by atoms with E-state index in [1.807, 2.05) is 72.8 Å². The Morgan fingerprint density at radius 2 is 1.54 bits per heavy atom. The van der Waals surface area contributed by atoms with E-state index >= 15 is 0 Å². The first-order valence-electron chi connectivity index (χ1n) is 11.0. The molecule has 0 fully saturated rings. The van der Waals surface area contributed by atoms with E-state index in [0.29, 0.717) is 23.7 Å². The minimum absolute atomic E-state index is 0.0621. The summed E-state index contributed by atoms with van der Waals surface area (Å²) in [6.07, 6.45) is 0.623. The first-order valence-corrected chi connectivity index (χ1v) is 11.0. The maximum Gasteiger partial charge on any atom is 0.309 e. The minimum atomic E-state index is -0.615. The van der Waals surface area contributed by atoms with Crippen molar-refractivity contribution in [3.05, 3.63) is 90.3 Å². The Hall–Kier alpha value is -4.66. The molecule has 1 heterocycles. The highest BCUT2D eigenvalue weighted by Crippen LogP contribution is 2.28. The molecule has 0 aliphatic carbocycles.